The summed E-state index contributed by atoms with van der Waals surface area (Å²) < 4.78 is 14.1. The Kier molecular flexibility index (Phi) is 3.72. The van der Waals surface area contributed by atoms with E-state index in [1.54, 1.807) is 6.07 Å². The van der Waals surface area contributed by atoms with Crippen LogP contribution in [-0.4, -0.2) is 13.1 Å². The van der Waals surface area contributed by atoms with Crippen molar-refractivity contribution < 1.29 is 4.39 Å². The summed E-state index contributed by atoms with van der Waals surface area (Å²) >= 11 is 12.5. The summed E-state index contributed by atoms with van der Waals surface area (Å²) in [5.41, 5.74) is 1.36. The van der Waals surface area contributed by atoms with Gasteiger partial charge in [-0.1, -0.05) is 47.5 Å². The fourth-order valence-corrected chi connectivity index (χ4v) is 3.30. The SMILES string of the molecule is Fc1ccccc1C1(Cc2c(Cl)cccc2Cl)CNC1. The van der Waals surface area contributed by atoms with Crippen LogP contribution in [0.25, 0.3) is 0 Å². The van der Waals surface area contributed by atoms with Crippen molar-refractivity contribution in [2.24, 2.45) is 0 Å². The number of rotatable bonds is 3. The number of hydrogen-bond donors (Lipinski definition) is 1. The second kappa shape index (κ2) is 5.36. The Morgan fingerprint density at radius 3 is 2.20 bits per heavy atom. The molecular weight excluding hydrogens is 296 g/mol. The van der Waals surface area contributed by atoms with Gasteiger partial charge in [0.1, 0.15) is 5.82 Å². The van der Waals surface area contributed by atoms with Crippen LogP contribution in [0.1, 0.15) is 11.1 Å². The summed E-state index contributed by atoms with van der Waals surface area (Å²) in [6.45, 7) is 1.46. The summed E-state index contributed by atoms with van der Waals surface area (Å²) in [4.78, 5) is 0. The Bertz CT molecular complexity index is 618. The van der Waals surface area contributed by atoms with Gasteiger partial charge < -0.3 is 5.32 Å². The van der Waals surface area contributed by atoms with Gasteiger partial charge >= 0.3 is 0 Å². The molecule has 0 saturated carbocycles. The Morgan fingerprint density at radius 2 is 1.65 bits per heavy atom. The molecule has 1 aliphatic heterocycles. The first kappa shape index (κ1) is 13.9. The lowest BCUT2D eigenvalue weighted by molar-refractivity contribution is 0.266. The van der Waals surface area contributed by atoms with Crippen LogP contribution < -0.4 is 5.32 Å². The van der Waals surface area contributed by atoms with Gasteiger partial charge in [0.15, 0.2) is 0 Å². The fourth-order valence-electron chi connectivity index (χ4n) is 2.77. The molecule has 2 aromatic rings. The van der Waals surface area contributed by atoms with E-state index in [1.165, 1.54) is 6.07 Å². The second-order valence-electron chi connectivity index (χ2n) is 5.24. The van der Waals surface area contributed by atoms with Crippen LogP contribution in [0.5, 0.6) is 0 Å². The Morgan fingerprint density at radius 1 is 1.00 bits per heavy atom. The van der Waals surface area contributed by atoms with Gasteiger partial charge in [0, 0.05) is 28.5 Å². The van der Waals surface area contributed by atoms with Crippen molar-refractivity contribution in [3.8, 4) is 0 Å². The van der Waals surface area contributed by atoms with Crippen LogP contribution in [-0.2, 0) is 11.8 Å². The molecule has 20 heavy (non-hydrogen) atoms. The normalized spacial score (nSPS) is 16.8. The molecule has 3 rings (SSSR count). The van der Waals surface area contributed by atoms with Crippen LogP contribution >= 0.6 is 23.2 Å². The quantitative estimate of drug-likeness (QED) is 0.895. The molecule has 0 spiro atoms. The topological polar surface area (TPSA) is 12.0 Å². The predicted molar refractivity (Wildman–Crippen MR) is 81.1 cm³/mol. The average molecular weight is 310 g/mol. The third kappa shape index (κ3) is 2.32. The molecule has 0 bridgehead atoms. The van der Waals surface area contributed by atoms with Gasteiger partial charge in [0.25, 0.3) is 0 Å². The third-order valence-electron chi connectivity index (χ3n) is 3.95. The number of halogens is 3. The lowest BCUT2D eigenvalue weighted by Gasteiger charge is -2.44. The molecule has 1 saturated heterocycles. The van der Waals surface area contributed by atoms with Gasteiger partial charge in [-0.2, -0.15) is 0 Å². The van der Waals surface area contributed by atoms with E-state index in [1.807, 2.05) is 30.3 Å². The number of benzene rings is 2. The van der Waals surface area contributed by atoms with Crippen molar-refractivity contribution in [2.45, 2.75) is 11.8 Å². The highest BCUT2D eigenvalue weighted by molar-refractivity contribution is 6.36. The van der Waals surface area contributed by atoms with Crippen LogP contribution in [0.15, 0.2) is 42.5 Å². The number of hydrogen-bond acceptors (Lipinski definition) is 1. The molecule has 1 nitrogen and oxygen atoms in total. The minimum Gasteiger partial charge on any atom is -0.315 e. The van der Waals surface area contributed by atoms with Gasteiger partial charge in [0.2, 0.25) is 0 Å². The lowest BCUT2D eigenvalue weighted by atomic mass is 9.71. The summed E-state index contributed by atoms with van der Waals surface area (Å²) in [5.74, 6) is -0.169. The van der Waals surface area contributed by atoms with Crippen molar-refractivity contribution >= 4 is 23.2 Å². The summed E-state index contributed by atoms with van der Waals surface area (Å²) in [6.07, 6.45) is 0.638. The van der Waals surface area contributed by atoms with Crippen LogP contribution in [0.3, 0.4) is 0 Å². The zero-order valence-electron chi connectivity index (χ0n) is 10.8. The zero-order valence-corrected chi connectivity index (χ0v) is 12.3. The maximum Gasteiger partial charge on any atom is 0.127 e. The molecule has 1 fully saturated rings. The highest BCUT2D eigenvalue weighted by Crippen LogP contribution is 2.38. The molecule has 0 unspecified atom stereocenters. The van der Waals surface area contributed by atoms with Gasteiger partial charge in [-0.15, -0.1) is 0 Å². The number of nitrogens with one attached hydrogen (secondary N) is 1. The second-order valence-corrected chi connectivity index (χ2v) is 6.06. The van der Waals surface area contributed by atoms with Gasteiger partial charge in [-0.3, -0.25) is 0 Å². The van der Waals surface area contributed by atoms with Gasteiger partial charge in [-0.05, 0) is 35.7 Å². The molecule has 0 amide bonds. The maximum atomic E-state index is 14.1. The molecule has 0 radical (unpaired) electrons. The first-order valence-electron chi connectivity index (χ1n) is 6.51. The van der Waals surface area contributed by atoms with Crippen molar-refractivity contribution in [1.29, 1.82) is 0 Å². The Labute approximate surface area is 127 Å². The highest BCUT2D eigenvalue weighted by atomic mass is 35.5. The van der Waals surface area contributed by atoms with Crippen molar-refractivity contribution in [3.05, 3.63) is 69.5 Å². The monoisotopic (exact) mass is 309 g/mol. The van der Waals surface area contributed by atoms with Crippen molar-refractivity contribution in [1.82, 2.24) is 5.32 Å². The highest BCUT2D eigenvalue weighted by Gasteiger charge is 2.41. The lowest BCUT2D eigenvalue weighted by Crippen LogP contribution is -2.58. The fraction of sp³-hybridized carbons (Fsp3) is 0.250. The van der Waals surface area contributed by atoms with E-state index in [4.69, 9.17) is 23.2 Å². The van der Waals surface area contributed by atoms with Gasteiger partial charge in [-0.25, -0.2) is 4.39 Å². The van der Waals surface area contributed by atoms with Crippen LogP contribution in [0.4, 0.5) is 4.39 Å². The molecular formula is C16H14Cl2FN. The van der Waals surface area contributed by atoms with E-state index in [9.17, 15) is 4.39 Å². The van der Waals surface area contributed by atoms with Crippen LogP contribution in [0, 0.1) is 5.82 Å². The Hall–Kier alpha value is -1.09. The summed E-state index contributed by atoms with van der Waals surface area (Å²) in [6, 6.07) is 12.4. The summed E-state index contributed by atoms with van der Waals surface area (Å²) in [7, 11) is 0. The maximum absolute atomic E-state index is 14.1. The smallest absolute Gasteiger partial charge is 0.127 e. The minimum absolute atomic E-state index is 0.169. The van der Waals surface area contributed by atoms with E-state index in [2.05, 4.69) is 5.32 Å². The molecule has 0 atom stereocenters. The molecule has 1 aliphatic rings. The molecule has 104 valence electrons. The minimum atomic E-state index is -0.264. The standard InChI is InChI=1S/C16H14Cl2FN/c17-13-5-3-6-14(18)11(13)8-16(9-20-10-16)12-4-1-2-7-15(12)19/h1-7,20H,8-10H2. The molecule has 2 aromatic carbocycles. The molecule has 1 N–H and O–H groups in total. The molecule has 4 heteroatoms. The zero-order chi connectivity index (χ0) is 14.2. The largest absolute Gasteiger partial charge is 0.315 e. The van der Waals surface area contributed by atoms with Gasteiger partial charge in [0.05, 0.1) is 0 Å². The third-order valence-corrected chi connectivity index (χ3v) is 4.66. The van der Waals surface area contributed by atoms with E-state index in [-0.39, 0.29) is 11.2 Å². The van der Waals surface area contributed by atoms with E-state index in [0.29, 0.717) is 16.5 Å². The first-order valence-corrected chi connectivity index (χ1v) is 7.27. The average Bonchev–Trinajstić information content (AvgIpc) is 2.38. The molecule has 0 aromatic heterocycles. The van der Waals surface area contributed by atoms with Crippen molar-refractivity contribution in [2.75, 3.05) is 13.1 Å². The first-order chi connectivity index (χ1) is 9.62. The predicted octanol–water partition coefficient (Wildman–Crippen LogP) is 4.22. The van der Waals surface area contributed by atoms with E-state index >= 15 is 0 Å². The van der Waals surface area contributed by atoms with Crippen LogP contribution in [0.2, 0.25) is 10.0 Å². The Balaban J connectivity index is 2.01. The van der Waals surface area contributed by atoms with E-state index in [0.717, 1.165) is 24.2 Å². The molecule has 1 heterocycles. The van der Waals surface area contributed by atoms with E-state index < -0.39 is 0 Å². The molecule has 0 aliphatic carbocycles. The van der Waals surface area contributed by atoms with Crippen molar-refractivity contribution in [3.63, 3.8) is 0 Å². The summed E-state index contributed by atoms with van der Waals surface area (Å²) in [5, 5.41) is 4.51.